The zero-order valence-corrected chi connectivity index (χ0v) is 20.0. The average Bonchev–Trinajstić information content (AvgIpc) is 3.28. The van der Waals surface area contributed by atoms with E-state index in [0.29, 0.717) is 15.8 Å². The highest BCUT2D eigenvalue weighted by Crippen LogP contribution is 2.32. The van der Waals surface area contributed by atoms with Crippen LogP contribution < -0.4 is 4.18 Å². The molecule has 0 saturated heterocycles. The Bertz CT molecular complexity index is 1540. The van der Waals surface area contributed by atoms with E-state index < -0.39 is 16.0 Å². The molecule has 0 aromatic heterocycles. The zero-order valence-electron chi connectivity index (χ0n) is 18.4. The summed E-state index contributed by atoms with van der Waals surface area (Å²) >= 11 is 1.21. The first kappa shape index (κ1) is 22.8. The molecule has 0 fully saturated rings. The number of benzene rings is 3. The van der Waals surface area contributed by atoms with Gasteiger partial charge in [-0.3, -0.25) is 10.2 Å². The molecule has 8 nitrogen and oxygen atoms in total. The van der Waals surface area contributed by atoms with Gasteiger partial charge in [-0.05, 0) is 43.0 Å². The van der Waals surface area contributed by atoms with Crippen molar-refractivity contribution in [2.24, 2.45) is 10.1 Å². The molecule has 0 bridgehead atoms. The molecular weight excluding hydrogens is 484 g/mol. The van der Waals surface area contributed by atoms with E-state index in [0.717, 1.165) is 11.1 Å². The van der Waals surface area contributed by atoms with Gasteiger partial charge >= 0.3 is 10.1 Å². The van der Waals surface area contributed by atoms with E-state index in [9.17, 15) is 13.2 Å². The number of fused-ring (bicyclic) bond motifs is 1. The first-order valence-electron chi connectivity index (χ1n) is 10.5. The summed E-state index contributed by atoms with van der Waals surface area (Å²) in [7, 11) is -4.09. The van der Waals surface area contributed by atoms with Crippen LogP contribution in [0.3, 0.4) is 0 Å². The zero-order chi connectivity index (χ0) is 24.6. The van der Waals surface area contributed by atoms with Crippen LogP contribution in [-0.4, -0.2) is 35.4 Å². The number of aliphatic imine (C=N–C) groups is 1. The third-order valence-corrected chi connectivity index (χ3v) is 7.41. The lowest BCUT2D eigenvalue weighted by Gasteiger charge is -2.20. The van der Waals surface area contributed by atoms with Crippen LogP contribution in [-0.2, 0) is 14.9 Å². The Labute approximate surface area is 206 Å². The molecular formula is C25H18N4O4S2. The molecule has 2 heterocycles. The van der Waals surface area contributed by atoms with Crippen molar-refractivity contribution in [1.29, 1.82) is 5.41 Å². The molecule has 174 valence electrons. The number of amides is 1. The molecule has 0 spiro atoms. The van der Waals surface area contributed by atoms with Crippen LogP contribution >= 0.6 is 11.8 Å². The Kier molecular flexibility index (Phi) is 5.83. The molecule has 3 aromatic rings. The SMILES string of the molecule is Cc1ccc(C2=NN3C(=N)/C(=C/c4ccccc4OS(=O)(=O)c4ccccc4)C(=O)N=C3S2)cc1. The lowest BCUT2D eigenvalue weighted by atomic mass is 10.1. The predicted octanol–water partition coefficient (Wildman–Crippen LogP) is 4.43. The fraction of sp³-hybridized carbons (Fsp3) is 0.0400. The Morgan fingerprint density at radius 3 is 2.40 bits per heavy atom. The van der Waals surface area contributed by atoms with Crippen molar-refractivity contribution >= 4 is 49.9 Å². The smallest absolute Gasteiger partial charge is 0.339 e. The second kappa shape index (κ2) is 8.97. The minimum Gasteiger partial charge on any atom is -0.378 e. The number of hydrogen-bond donors (Lipinski definition) is 1. The molecule has 5 rings (SSSR count). The molecule has 2 aliphatic rings. The van der Waals surface area contributed by atoms with Crippen molar-refractivity contribution in [3.63, 3.8) is 0 Å². The molecule has 2 aliphatic heterocycles. The second-order valence-corrected chi connectivity index (χ2v) is 10.2. The first-order chi connectivity index (χ1) is 16.8. The fourth-order valence-corrected chi connectivity index (χ4v) is 5.26. The van der Waals surface area contributed by atoms with Gasteiger partial charge in [0.1, 0.15) is 15.7 Å². The van der Waals surface area contributed by atoms with Gasteiger partial charge in [0.25, 0.3) is 5.91 Å². The van der Waals surface area contributed by atoms with Crippen LogP contribution in [0, 0.1) is 12.3 Å². The van der Waals surface area contributed by atoms with Gasteiger partial charge in [0.15, 0.2) is 5.84 Å². The summed E-state index contributed by atoms with van der Waals surface area (Å²) in [5, 5.41) is 15.3. The van der Waals surface area contributed by atoms with E-state index in [-0.39, 0.29) is 22.1 Å². The standard InChI is InChI=1S/C25H18N4O4S2/c1-16-11-13-17(14-12-16)24-28-29-22(26)20(23(30)27-25(29)34-24)15-18-7-5-6-10-21(18)33-35(31,32)19-8-3-2-4-9-19/h2-15,26H,1H3/b20-15-,26-22?. The molecule has 0 atom stereocenters. The topological polar surface area (TPSA) is 112 Å². The Morgan fingerprint density at radius 1 is 0.971 bits per heavy atom. The number of thioether (sulfide) groups is 1. The van der Waals surface area contributed by atoms with Crippen molar-refractivity contribution in [2.45, 2.75) is 11.8 Å². The summed E-state index contributed by atoms with van der Waals surface area (Å²) in [6.07, 6.45) is 1.39. The monoisotopic (exact) mass is 502 g/mol. The number of hydrogen-bond acceptors (Lipinski definition) is 7. The van der Waals surface area contributed by atoms with Gasteiger partial charge in [0.2, 0.25) is 5.17 Å². The van der Waals surface area contributed by atoms with Crippen LogP contribution in [0.4, 0.5) is 0 Å². The van der Waals surface area contributed by atoms with E-state index in [4.69, 9.17) is 9.59 Å². The van der Waals surface area contributed by atoms with Crippen molar-refractivity contribution < 1.29 is 17.4 Å². The summed E-state index contributed by atoms with van der Waals surface area (Å²) in [4.78, 5) is 16.9. The minimum absolute atomic E-state index is 0.00486. The molecule has 35 heavy (non-hydrogen) atoms. The van der Waals surface area contributed by atoms with Crippen LogP contribution in [0.15, 0.2) is 99.4 Å². The van der Waals surface area contributed by atoms with Crippen LogP contribution in [0.1, 0.15) is 16.7 Å². The molecule has 0 saturated carbocycles. The van der Waals surface area contributed by atoms with Gasteiger partial charge in [-0.2, -0.15) is 23.5 Å². The van der Waals surface area contributed by atoms with Crippen molar-refractivity contribution in [3.8, 4) is 5.75 Å². The maximum atomic E-state index is 12.8. The van der Waals surface area contributed by atoms with Crippen molar-refractivity contribution in [1.82, 2.24) is 5.01 Å². The highest BCUT2D eigenvalue weighted by atomic mass is 32.2. The maximum absolute atomic E-state index is 12.8. The molecule has 0 radical (unpaired) electrons. The quantitative estimate of drug-likeness (QED) is 0.408. The van der Waals surface area contributed by atoms with E-state index in [2.05, 4.69) is 10.1 Å². The van der Waals surface area contributed by atoms with Crippen LogP contribution in [0.5, 0.6) is 5.75 Å². The molecule has 0 unspecified atom stereocenters. The van der Waals surface area contributed by atoms with Gasteiger partial charge in [-0.1, -0.05) is 66.2 Å². The minimum atomic E-state index is -4.09. The van der Waals surface area contributed by atoms with Crippen LogP contribution in [0.25, 0.3) is 6.08 Å². The Balaban J connectivity index is 1.47. The summed E-state index contributed by atoms with van der Waals surface area (Å²) in [5.41, 5.74) is 2.24. The summed E-state index contributed by atoms with van der Waals surface area (Å²) in [6, 6.07) is 21.9. The number of rotatable bonds is 5. The van der Waals surface area contributed by atoms with E-state index in [1.54, 1.807) is 36.4 Å². The van der Waals surface area contributed by atoms with Gasteiger partial charge in [-0.25, -0.2) is 0 Å². The van der Waals surface area contributed by atoms with E-state index in [1.807, 2.05) is 31.2 Å². The summed E-state index contributed by atoms with van der Waals surface area (Å²) in [6.45, 7) is 1.98. The Morgan fingerprint density at radius 2 is 1.66 bits per heavy atom. The van der Waals surface area contributed by atoms with Gasteiger partial charge in [-0.15, -0.1) is 0 Å². The van der Waals surface area contributed by atoms with Crippen molar-refractivity contribution in [3.05, 3.63) is 101 Å². The average molecular weight is 503 g/mol. The lowest BCUT2D eigenvalue weighted by molar-refractivity contribution is -0.114. The molecule has 1 amide bonds. The number of hydrazone groups is 1. The number of para-hydroxylation sites is 1. The molecule has 0 aliphatic carbocycles. The van der Waals surface area contributed by atoms with E-state index >= 15 is 0 Å². The molecule has 3 aromatic carbocycles. The number of carbonyl (C=O) groups excluding carboxylic acids is 1. The number of nitrogens with one attached hydrogen (secondary N) is 1. The molecule has 1 N–H and O–H groups in total. The number of amidine groups is 2. The highest BCUT2D eigenvalue weighted by Gasteiger charge is 2.36. The molecule has 10 heteroatoms. The summed E-state index contributed by atoms with van der Waals surface area (Å²) < 4.78 is 30.8. The highest BCUT2D eigenvalue weighted by molar-refractivity contribution is 8.27. The second-order valence-electron chi connectivity index (χ2n) is 7.68. The number of nitrogens with zero attached hydrogens (tertiary/aromatic N) is 3. The normalized spacial score (nSPS) is 16.7. The van der Waals surface area contributed by atoms with Crippen molar-refractivity contribution in [2.75, 3.05) is 0 Å². The largest absolute Gasteiger partial charge is 0.378 e. The number of aryl methyl sites for hydroxylation is 1. The third-order valence-electron chi connectivity index (χ3n) is 5.20. The predicted molar refractivity (Wildman–Crippen MR) is 136 cm³/mol. The first-order valence-corrected chi connectivity index (χ1v) is 12.7. The van der Waals surface area contributed by atoms with E-state index in [1.165, 1.54) is 41.0 Å². The van der Waals surface area contributed by atoms with Gasteiger partial charge < -0.3 is 4.18 Å². The third kappa shape index (κ3) is 4.53. The van der Waals surface area contributed by atoms with Crippen LogP contribution in [0.2, 0.25) is 0 Å². The maximum Gasteiger partial charge on any atom is 0.339 e. The number of carbonyl (C=O) groups is 1. The Hall–Kier alpha value is -4.02. The summed E-state index contributed by atoms with van der Waals surface area (Å²) in [5.74, 6) is -0.746. The fourth-order valence-electron chi connectivity index (χ4n) is 3.39. The van der Waals surface area contributed by atoms with Gasteiger partial charge in [0.05, 0.1) is 5.57 Å². The lowest BCUT2D eigenvalue weighted by Crippen LogP contribution is -2.35. The van der Waals surface area contributed by atoms with Gasteiger partial charge in [0, 0.05) is 11.1 Å².